The van der Waals surface area contributed by atoms with Crippen LogP contribution in [0.4, 0.5) is 0 Å². The standard InChI is InChI=1S/C35H37N3O6S.C33H35N3O5S/c1-21-25(16-10-18-29(21)44-22(2)39)32(41)36-27(19-23-11-5-4-6-12-23)30(40)33(42)37-20-45-35(3)31(37)34(43)38(35)28-17-9-14-24-13-7-8-15-26(24)28;1-20-23(15-9-17-27(20)37)30(39)34-25(18-21-10-4-3-5-11-21)28(38)31(40)35-19-42-33(2)29(35)32(41)36(33)26-16-8-13-22-12-6-7-14-24(22)26/h4-8,10-13,15-16,18,27-28,30-31,40H,9,14,17,19-20H2,1-3H3,(H,36,41);3-7,9-12,14-15,17,25-26,28-29,37-38H,8,13,16,18-19H2,1-2H3,(H,34,39)/t27-,28-,30-,31+,35?;25-,26-,28-,29+,33?/m00/s1. The van der Waals surface area contributed by atoms with Gasteiger partial charge in [-0.2, -0.15) is 0 Å². The monoisotopic (exact) mass is 1210 g/mol. The van der Waals surface area contributed by atoms with Crippen molar-refractivity contribution in [1.29, 1.82) is 0 Å². The van der Waals surface area contributed by atoms with Gasteiger partial charge in [-0.3, -0.25) is 33.6 Å². The summed E-state index contributed by atoms with van der Waals surface area (Å²) in [4.78, 5) is 99.4. The number of thioether (sulfide) groups is 2. The first-order chi connectivity index (χ1) is 41.8. The van der Waals surface area contributed by atoms with E-state index in [0.29, 0.717) is 11.1 Å². The average Bonchev–Trinajstić information content (AvgIpc) is 1.72. The van der Waals surface area contributed by atoms with Crippen LogP contribution in [0.2, 0.25) is 0 Å². The van der Waals surface area contributed by atoms with E-state index in [9.17, 15) is 48.9 Å². The minimum Gasteiger partial charge on any atom is -0.508 e. The number of nitrogens with one attached hydrogen (secondary N) is 2. The Balaban J connectivity index is 0.000000181. The summed E-state index contributed by atoms with van der Waals surface area (Å²) < 4.78 is 5.24. The molecule has 4 fully saturated rings. The molecule has 12 rings (SSSR count). The fourth-order valence-electron chi connectivity index (χ4n) is 13.7. The Kier molecular flexibility index (Phi) is 17.5. The van der Waals surface area contributed by atoms with Gasteiger partial charge >= 0.3 is 5.97 Å². The molecule has 0 aromatic heterocycles. The van der Waals surface area contributed by atoms with Crippen LogP contribution in [0.5, 0.6) is 11.5 Å². The first kappa shape index (κ1) is 60.7. The molecule has 6 aliphatic rings. The second-order valence-electron chi connectivity index (χ2n) is 23.6. The molecule has 0 radical (unpaired) electrons. The maximum atomic E-state index is 14.0. The quantitative estimate of drug-likeness (QED) is 0.0373. The van der Waals surface area contributed by atoms with Gasteiger partial charge < -0.3 is 50.3 Å². The number of amides is 6. The highest BCUT2D eigenvalue weighted by Crippen LogP contribution is 2.57. The number of esters is 1. The van der Waals surface area contributed by atoms with E-state index in [1.165, 1.54) is 56.8 Å². The molecule has 6 aromatic carbocycles. The number of hydrogen-bond donors (Lipinski definition) is 5. The zero-order chi connectivity index (χ0) is 61.5. The Morgan fingerprint density at radius 2 is 0.989 bits per heavy atom. The van der Waals surface area contributed by atoms with Crippen LogP contribution >= 0.6 is 23.5 Å². The van der Waals surface area contributed by atoms with Gasteiger partial charge in [0.2, 0.25) is 11.8 Å². The van der Waals surface area contributed by atoms with E-state index in [2.05, 4.69) is 34.9 Å². The second kappa shape index (κ2) is 25.0. The number of carbonyl (C=O) groups is 7. The summed E-state index contributed by atoms with van der Waals surface area (Å²) in [6.45, 7) is 8.60. The Morgan fingerprint density at radius 3 is 1.44 bits per heavy atom. The third-order valence-corrected chi connectivity index (χ3v) is 21.0. The minimum absolute atomic E-state index is 0.0131. The molecule has 10 atom stereocenters. The van der Waals surface area contributed by atoms with Crippen LogP contribution < -0.4 is 15.4 Å². The lowest BCUT2D eigenvalue weighted by Gasteiger charge is -2.56. The smallest absolute Gasteiger partial charge is 0.308 e. The number of aliphatic hydroxyl groups is 2. The summed E-state index contributed by atoms with van der Waals surface area (Å²) in [7, 11) is 0. The third-order valence-electron chi connectivity index (χ3n) is 18.2. The highest BCUT2D eigenvalue weighted by molar-refractivity contribution is 8.01. The number of aryl methyl sites for hydroxylation is 2. The third kappa shape index (κ3) is 11.5. The molecule has 4 heterocycles. The highest BCUT2D eigenvalue weighted by Gasteiger charge is 2.68. The summed E-state index contributed by atoms with van der Waals surface area (Å²) >= 11 is 3.08. The van der Waals surface area contributed by atoms with Gasteiger partial charge in [0.25, 0.3) is 23.6 Å². The number of hydrogen-bond acceptors (Lipinski definition) is 13. The van der Waals surface area contributed by atoms with E-state index < -0.39 is 75.7 Å². The summed E-state index contributed by atoms with van der Waals surface area (Å²) in [5.74, 6) is -2.16. The van der Waals surface area contributed by atoms with Crippen molar-refractivity contribution >= 4 is 64.9 Å². The van der Waals surface area contributed by atoms with Crippen molar-refractivity contribution < 1.29 is 53.6 Å². The van der Waals surface area contributed by atoms with Crippen molar-refractivity contribution in [3.8, 4) is 11.5 Å². The molecule has 2 aliphatic carbocycles. The molecule has 452 valence electrons. The van der Waals surface area contributed by atoms with Gasteiger partial charge in [0.15, 0.2) is 12.2 Å². The molecule has 0 saturated carbocycles. The first-order valence-electron chi connectivity index (χ1n) is 29.6. The Labute approximate surface area is 514 Å². The molecule has 17 nitrogen and oxygen atoms in total. The summed E-state index contributed by atoms with van der Waals surface area (Å²) in [5, 5.41) is 38.9. The van der Waals surface area contributed by atoms with Crippen molar-refractivity contribution in [1.82, 2.24) is 30.2 Å². The summed E-state index contributed by atoms with van der Waals surface area (Å²) in [6.07, 6.45) is 2.92. The number of aliphatic hydroxyl groups excluding tert-OH is 2. The van der Waals surface area contributed by atoms with Crippen LogP contribution in [0, 0.1) is 13.8 Å². The molecule has 2 unspecified atom stereocenters. The average molecular weight is 1210 g/mol. The number of aromatic hydroxyl groups is 1. The number of ether oxygens (including phenoxy) is 1. The SMILES string of the molecule is CC(=O)Oc1cccc(C(=O)N[C@@H](Cc2ccccc2)[C@H](O)C(=O)N2CSC3(C)[C@H]2C(=O)N3[C@H]2CCCc3ccccc32)c1C.Cc1c(O)cccc1C(=O)N[C@@H](Cc1ccccc1)[C@H](O)C(=O)N1CSC2(C)[C@H]1C(=O)N2[C@H]1CCCc2ccccc21. The number of fused-ring (bicyclic) bond motifs is 4. The van der Waals surface area contributed by atoms with E-state index in [0.717, 1.165) is 49.7 Å². The summed E-state index contributed by atoms with van der Waals surface area (Å²) in [6, 6.07) is 41.2. The van der Waals surface area contributed by atoms with Crippen molar-refractivity contribution in [3.63, 3.8) is 0 Å². The molecule has 6 amide bonds. The number of β-lactam (4-membered cyclic amide) rings is 2. The van der Waals surface area contributed by atoms with Crippen LogP contribution in [-0.2, 0) is 49.7 Å². The molecule has 6 aromatic rings. The zero-order valence-electron chi connectivity index (χ0n) is 49.3. The van der Waals surface area contributed by atoms with E-state index in [-0.39, 0.29) is 71.1 Å². The minimum atomic E-state index is -1.61. The van der Waals surface area contributed by atoms with E-state index >= 15 is 0 Å². The zero-order valence-corrected chi connectivity index (χ0v) is 50.9. The molecule has 4 aliphatic heterocycles. The van der Waals surface area contributed by atoms with Crippen molar-refractivity contribution in [2.24, 2.45) is 0 Å². The van der Waals surface area contributed by atoms with Gasteiger partial charge in [-0.25, -0.2) is 0 Å². The van der Waals surface area contributed by atoms with Gasteiger partial charge in [-0.1, -0.05) is 121 Å². The topological polar surface area (TPSA) is 226 Å². The Morgan fingerprint density at radius 1 is 0.575 bits per heavy atom. The lowest BCUT2D eigenvalue weighted by molar-refractivity contribution is -0.172. The number of carbonyl (C=O) groups excluding carboxylic acids is 7. The van der Waals surface area contributed by atoms with Crippen LogP contribution in [0.3, 0.4) is 0 Å². The predicted octanol–water partition coefficient (Wildman–Crippen LogP) is 8.10. The molecule has 4 saturated heterocycles. The number of rotatable bonds is 15. The van der Waals surface area contributed by atoms with Gasteiger partial charge in [-0.15, -0.1) is 23.5 Å². The highest BCUT2D eigenvalue weighted by atomic mass is 32.2. The van der Waals surface area contributed by atoms with E-state index in [4.69, 9.17) is 4.74 Å². The molecule has 87 heavy (non-hydrogen) atoms. The van der Waals surface area contributed by atoms with Gasteiger partial charge in [0.1, 0.15) is 33.3 Å². The lowest BCUT2D eigenvalue weighted by atomic mass is 9.82. The number of nitrogens with zero attached hydrogens (tertiary/aromatic N) is 4. The number of phenols is 1. The fourth-order valence-corrected chi connectivity index (χ4v) is 16.5. The summed E-state index contributed by atoms with van der Waals surface area (Å²) in [5.41, 5.74) is 7.91. The Bertz CT molecular complexity index is 3650. The maximum absolute atomic E-state index is 14.0. The van der Waals surface area contributed by atoms with Gasteiger partial charge in [0.05, 0.1) is 35.9 Å². The number of phenolic OH excluding ortho intramolecular Hbond substituents is 1. The molecule has 0 bridgehead atoms. The normalized spacial score (nSPS) is 23.8. The van der Waals surface area contributed by atoms with Crippen LogP contribution in [0.15, 0.2) is 146 Å². The largest absolute Gasteiger partial charge is 0.508 e. The number of benzene rings is 6. The van der Waals surface area contributed by atoms with E-state index in [1.807, 2.05) is 109 Å². The van der Waals surface area contributed by atoms with E-state index in [1.54, 1.807) is 55.9 Å². The predicted molar refractivity (Wildman–Crippen MR) is 331 cm³/mol. The fraction of sp³-hybridized carbons (Fsp3) is 0.368. The van der Waals surface area contributed by atoms with Crippen molar-refractivity contribution in [3.05, 3.63) is 201 Å². The lowest BCUT2D eigenvalue weighted by Crippen LogP contribution is -2.74. The number of likely N-dealkylation sites (tertiary alicyclic amines) is 2. The molecule has 0 spiro atoms. The molecular weight excluding hydrogens is 1140 g/mol. The molecular formula is C68H72N6O11S2. The second-order valence-corrected chi connectivity index (χ2v) is 26.4. The van der Waals surface area contributed by atoms with Crippen LogP contribution in [0.25, 0.3) is 0 Å². The van der Waals surface area contributed by atoms with Crippen LogP contribution in [0.1, 0.15) is 124 Å². The Hall–Kier alpha value is -7.97. The van der Waals surface area contributed by atoms with Crippen LogP contribution in [-0.4, -0.2) is 134 Å². The molecule has 5 N–H and O–H groups in total. The maximum Gasteiger partial charge on any atom is 0.308 e. The van der Waals surface area contributed by atoms with Crippen molar-refractivity contribution in [2.75, 3.05) is 11.8 Å². The van der Waals surface area contributed by atoms with Gasteiger partial charge in [-0.05, 0) is 137 Å². The van der Waals surface area contributed by atoms with Gasteiger partial charge in [0, 0.05) is 29.2 Å². The first-order valence-corrected chi connectivity index (χ1v) is 31.6. The van der Waals surface area contributed by atoms with Crippen molar-refractivity contribution in [2.45, 2.75) is 144 Å². The molecule has 19 heteroatoms.